The summed E-state index contributed by atoms with van der Waals surface area (Å²) in [5.74, 6) is 2.08. The summed E-state index contributed by atoms with van der Waals surface area (Å²) in [6.07, 6.45) is 0.350. The van der Waals surface area contributed by atoms with Crippen LogP contribution in [0, 0.1) is 0 Å². The zero-order valence-electron chi connectivity index (χ0n) is 16.4. The third kappa shape index (κ3) is 4.29. The lowest BCUT2D eigenvalue weighted by Gasteiger charge is -2.35. The second kappa shape index (κ2) is 8.43. The SMILES string of the molecule is CCOc1ccc(CC(=O)N2CCN(C(=O)c3ccc4c(c3)OCO4)CC2)cc1. The fraction of sp³-hybridized carbons (Fsp3) is 0.364. The lowest BCUT2D eigenvalue weighted by atomic mass is 10.1. The number of benzene rings is 2. The molecule has 0 saturated carbocycles. The number of hydrogen-bond acceptors (Lipinski definition) is 5. The predicted octanol–water partition coefficient (Wildman–Crippen LogP) is 2.34. The first-order valence-corrected chi connectivity index (χ1v) is 9.82. The summed E-state index contributed by atoms with van der Waals surface area (Å²) in [6.45, 7) is 4.84. The Hall–Kier alpha value is -3.22. The molecule has 7 nitrogen and oxygen atoms in total. The van der Waals surface area contributed by atoms with Gasteiger partial charge in [-0.2, -0.15) is 0 Å². The van der Waals surface area contributed by atoms with Gasteiger partial charge in [0.15, 0.2) is 11.5 Å². The molecule has 2 heterocycles. The molecule has 0 unspecified atom stereocenters. The molecule has 2 aromatic rings. The fourth-order valence-electron chi connectivity index (χ4n) is 3.53. The monoisotopic (exact) mass is 396 g/mol. The molecule has 0 spiro atoms. The van der Waals surface area contributed by atoms with Crippen LogP contribution in [0.1, 0.15) is 22.8 Å². The molecule has 1 saturated heterocycles. The van der Waals surface area contributed by atoms with Crippen molar-refractivity contribution in [2.75, 3.05) is 39.6 Å². The van der Waals surface area contributed by atoms with Crippen molar-refractivity contribution in [3.63, 3.8) is 0 Å². The highest BCUT2D eigenvalue weighted by atomic mass is 16.7. The lowest BCUT2D eigenvalue weighted by molar-refractivity contribution is -0.131. The molecule has 0 N–H and O–H groups in total. The van der Waals surface area contributed by atoms with E-state index in [9.17, 15) is 9.59 Å². The van der Waals surface area contributed by atoms with Crippen molar-refractivity contribution in [2.45, 2.75) is 13.3 Å². The first-order valence-electron chi connectivity index (χ1n) is 9.82. The smallest absolute Gasteiger partial charge is 0.254 e. The molecule has 2 aliphatic rings. The van der Waals surface area contributed by atoms with Gasteiger partial charge in [0.25, 0.3) is 5.91 Å². The van der Waals surface area contributed by atoms with Crippen LogP contribution in [0.25, 0.3) is 0 Å². The van der Waals surface area contributed by atoms with Gasteiger partial charge in [0.1, 0.15) is 5.75 Å². The fourth-order valence-corrected chi connectivity index (χ4v) is 3.53. The second-order valence-electron chi connectivity index (χ2n) is 6.99. The molecule has 0 aliphatic carbocycles. The van der Waals surface area contributed by atoms with Gasteiger partial charge in [0, 0.05) is 31.7 Å². The van der Waals surface area contributed by atoms with E-state index in [2.05, 4.69) is 0 Å². The minimum atomic E-state index is -0.0538. The molecule has 0 atom stereocenters. The van der Waals surface area contributed by atoms with E-state index >= 15 is 0 Å². The topological polar surface area (TPSA) is 68.3 Å². The van der Waals surface area contributed by atoms with Crippen LogP contribution in [0.2, 0.25) is 0 Å². The van der Waals surface area contributed by atoms with E-state index in [1.165, 1.54) is 0 Å². The Labute approximate surface area is 169 Å². The standard InChI is InChI=1S/C22H24N2O5/c1-2-27-18-6-3-16(4-7-18)13-21(25)23-9-11-24(12-10-23)22(26)17-5-8-19-20(14-17)29-15-28-19/h3-8,14H,2,9-13,15H2,1H3. The van der Waals surface area contributed by atoms with Gasteiger partial charge < -0.3 is 24.0 Å². The highest BCUT2D eigenvalue weighted by Gasteiger charge is 2.26. The van der Waals surface area contributed by atoms with Crippen molar-refractivity contribution in [1.82, 2.24) is 9.80 Å². The number of hydrogen-bond donors (Lipinski definition) is 0. The Morgan fingerprint density at radius 3 is 2.34 bits per heavy atom. The predicted molar refractivity (Wildman–Crippen MR) is 106 cm³/mol. The maximum absolute atomic E-state index is 12.8. The number of fused-ring (bicyclic) bond motifs is 1. The van der Waals surface area contributed by atoms with Crippen molar-refractivity contribution in [3.05, 3.63) is 53.6 Å². The highest BCUT2D eigenvalue weighted by molar-refractivity contribution is 5.95. The summed E-state index contributed by atoms with van der Waals surface area (Å²) < 4.78 is 16.1. The molecule has 1 fully saturated rings. The maximum atomic E-state index is 12.8. The molecule has 29 heavy (non-hydrogen) atoms. The zero-order chi connectivity index (χ0) is 20.2. The Bertz CT molecular complexity index is 889. The Morgan fingerprint density at radius 1 is 0.931 bits per heavy atom. The third-order valence-electron chi connectivity index (χ3n) is 5.13. The van der Waals surface area contributed by atoms with E-state index in [0.717, 1.165) is 11.3 Å². The lowest BCUT2D eigenvalue weighted by Crippen LogP contribution is -2.51. The highest BCUT2D eigenvalue weighted by Crippen LogP contribution is 2.32. The number of nitrogens with zero attached hydrogens (tertiary/aromatic N) is 2. The van der Waals surface area contributed by atoms with E-state index in [1.54, 1.807) is 23.1 Å². The van der Waals surface area contributed by atoms with Gasteiger partial charge in [-0.3, -0.25) is 9.59 Å². The molecule has 7 heteroatoms. The van der Waals surface area contributed by atoms with Gasteiger partial charge in [-0.15, -0.1) is 0 Å². The summed E-state index contributed by atoms with van der Waals surface area (Å²) in [7, 11) is 0. The van der Waals surface area contributed by atoms with Crippen molar-refractivity contribution in [3.8, 4) is 17.2 Å². The van der Waals surface area contributed by atoms with Crippen LogP contribution in [-0.4, -0.2) is 61.2 Å². The third-order valence-corrected chi connectivity index (χ3v) is 5.13. The molecule has 0 radical (unpaired) electrons. The first kappa shape index (κ1) is 19.1. The van der Waals surface area contributed by atoms with Gasteiger partial charge in [0.05, 0.1) is 13.0 Å². The molecule has 0 aromatic heterocycles. The number of carbonyl (C=O) groups excluding carboxylic acids is 2. The van der Waals surface area contributed by atoms with Gasteiger partial charge in [-0.1, -0.05) is 12.1 Å². The molecule has 152 valence electrons. The van der Waals surface area contributed by atoms with Crippen LogP contribution in [0.3, 0.4) is 0 Å². The van der Waals surface area contributed by atoms with E-state index < -0.39 is 0 Å². The molecular weight excluding hydrogens is 372 g/mol. The van der Waals surface area contributed by atoms with E-state index in [4.69, 9.17) is 14.2 Å². The van der Waals surface area contributed by atoms with Crippen molar-refractivity contribution in [1.29, 1.82) is 0 Å². The number of carbonyl (C=O) groups is 2. The normalized spacial score (nSPS) is 15.3. The maximum Gasteiger partial charge on any atom is 0.254 e. The largest absolute Gasteiger partial charge is 0.494 e. The second-order valence-corrected chi connectivity index (χ2v) is 6.99. The van der Waals surface area contributed by atoms with Crippen LogP contribution in [0.15, 0.2) is 42.5 Å². The Kier molecular flexibility index (Phi) is 5.55. The van der Waals surface area contributed by atoms with Crippen molar-refractivity contribution >= 4 is 11.8 Å². The van der Waals surface area contributed by atoms with Gasteiger partial charge in [-0.25, -0.2) is 0 Å². The zero-order valence-corrected chi connectivity index (χ0v) is 16.4. The molecule has 2 aromatic carbocycles. The number of piperazine rings is 1. The summed E-state index contributed by atoms with van der Waals surface area (Å²) in [5, 5.41) is 0. The molecule has 2 aliphatic heterocycles. The summed E-state index contributed by atoms with van der Waals surface area (Å²) in [6, 6.07) is 12.8. The van der Waals surface area contributed by atoms with Crippen LogP contribution in [0.4, 0.5) is 0 Å². The summed E-state index contributed by atoms with van der Waals surface area (Å²) in [5.41, 5.74) is 1.53. The van der Waals surface area contributed by atoms with E-state index in [0.29, 0.717) is 56.3 Å². The van der Waals surface area contributed by atoms with Gasteiger partial charge in [-0.05, 0) is 42.8 Å². The van der Waals surface area contributed by atoms with Gasteiger partial charge >= 0.3 is 0 Å². The molecule has 4 rings (SSSR count). The van der Waals surface area contributed by atoms with Crippen molar-refractivity contribution < 1.29 is 23.8 Å². The summed E-state index contributed by atoms with van der Waals surface area (Å²) in [4.78, 5) is 29.0. The van der Waals surface area contributed by atoms with Crippen LogP contribution >= 0.6 is 0 Å². The summed E-state index contributed by atoms with van der Waals surface area (Å²) >= 11 is 0. The van der Waals surface area contributed by atoms with Crippen LogP contribution in [0.5, 0.6) is 17.2 Å². The average molecular weight is 396 g/mol. The Morgan fingerprint density at radius 2 is 1.62 bits per heavy atom. The van der Waals surface area contributed by atoms with Crippen LogP contribution in [-0.2, 0) is 11.2 Å². The average Bonchev–Trinajstić information content (AvgIpc) is 3.23. The Balaban J connectivity index is 1.30. The first-order chi connectivity index (χ1) is 14.1. The minimum absolute atomic E-state index is 0.0538. The molecular formula is C22H24N2O5. The molecule has 0 bridgehead atoms. The van der Waals surface area contributed by atoms with Gasteiger partial charge in [0.2, 0.25) is 12.7 Å². The van der Waals surface area contributed by atoms with E-state index in [1.807, 2.05) is 36.1 Å². The van der Waals surface area contributed by atoms with Crippen molar-refractivity contribution in [2.24, 2.45) is 0 Å². The quantitative estimate of drug-likeness (QED) is 0.776. The number of amides is 2. The number of ether oxygens (including phenoxy) is 3. The van der Waals surface area contributed by atoms with E-state index in [-0.39, 0.29) is 18.6 Å². The molecule has 2 amide bonds. The minimum Gasteiger partial charge on any atom is -0.494 e. The van der Waals surface area contributed by atoms with Crippen LogP contribution < -0.4 is 14.2 Å². The number of rotatable bonds is 5.